The van der Waals surface area contributed by atoms with Crippen molar-refractivity contribution < 1.29 is 9.53 Å². The number of benzene rings is 2. The lowest BCUT2D eigenvalue weighted by Crippen LogP contribution is -2.00. The van der Waals surface area contributed by atoms with Crippen LogP contribution >= 0.6 is 22.6 Å². The van der Waals surface area contributed by atoms with Gasteiger partial charge in [-0.25, -0.2) is 0 Å². The molecule has 0 aromatic heterocycles. The van der Waals surface area contributed by atoms with E-state index >= 15 is 0 Å². The second-order valence-corrected chi connectivity index (χ2v) is 5.20. The molecule has 2 aromatic carbocycles. The summed E-state index contributed by atoms with van der Waals surface area (Å²) < 4.78 is 6.90. The van der Waals surface area contributed by atoms with Crippen molar-refractivity contribution in [3.63, 3.8) is 0 Å². The highest BCUT2D eigenvalue weighted by molar-refractivity contribution is 14.1. The average Bonchev–Trinajstić information content (AvgIpc) is 2.38. The van der Waals surface area contributed by atoms with Gasteiger partial charge in [0.05, 0.1) is 5.56 Å². The Morgan fingerprint density at radius 3 is 2.72 bits per heavy atom. The molecule has 2 nitrogen and oxygen atoms in total. The lowest BCUT2D eigenvalue weighted by Gasteiger charge is -2.10. The zero-order valence-electron chi connectivity index (χ0n) is 10.0. The molecule has 0 N–H and O–H groups in total. The molecule has 0 radical (unpaired) electrons. The summed E-state index contributed by atoms with van der Waals surface area (Å²) >= 11 is 2.28. The predicted octanol–water partition coefficient (Wildman–Crippen LogP) is 3.99. The van der Waals surface area contributed by atoms with Gasteiger partial charge in [-0.3, -0.25) is 4.79 Å². The monoisotopic (exact) mass is 352 g/mol. The Kier molecular flexibility index (Phi) is 4.36. The molecule has 0 heterocycles. The van der Waals surface area contributed by atoms with Gasteiger partial charge in [0, 0.05) is 9.13 Å². The summed E-state index contributed by atoms with van der Waals surface area (Å²) in [5.41, 5.74) is 2.79. The molecule has 0 unspecified atom stereocenters. The van der Waals surface area contributed by atoms with Crippen LogP contribution in [0.4, 0.5) is 0 Å². The third kappa shape index (κ3) is 3.10. The van der Waals surface area contributed by atoms with E-state index < -0.39 is 0 Å². The van der Waals surface area contributed by atoms with Crippen LogP contribution in [0.25, 0.3) is 0 Å². The van der Waals surface area contributed by atoms with E-state index in [1.807, 2.05) is 43.3 Å². The lowest BCUT2D eigenvalue weighted by atomic mass is 10.1. The van der Waals surface area contributed by atoms with Crippen molar-refractivity contribution in [2.24, 2.45) is 0 Å². The summed E-state index contributed by atoms with van der Waals surface area (Å²) in [4.78, 5) is 10.9. The largest absolute Gasteiger partial charge is 0.488 e. The summed E-state index contributed by atoms with van der Waals surface area (Å²) in [5.74, 6) is 0.643. The van der Waals surface area contributed by atoms with Crippen molar-refractivity contribution in [2.75, 3.05) is 0 Å². The number of aldehydes is 1. The molecule has 0 atom stereocenters. The van der Waals surface area contributed by atoms with Gasteiger partial charge in [-0.2, -0.15) is 0 Å². The van der Waals surface area contributed by atoms with Gasteiger partial charge in [-0.1, -0.05) is 24.3 Å². The van der Waals surface area contributed by atoms with Crippen LogP contribution in [0, 0.1) is 10.5 Å². The number of hydrogen-bond acceptors (Lipinski definition) is 2. The van der Waals surface area contributed by atoms with Gasteiger partial charge in [0.1, 0.15) is 12.4 Å². The maximum Gasteiger partial charge on any atom is 0.153 e. The van der Waals surface area contributed by atoms with Gasteiger partial charge in [-0.05, 0) is 53.3 Å². The lowest BCUT2D eigenvalue weighted by molar-refractivity contribution is 0.111. The van der Waals surface area contributed by atoms with E-state index in [-0.39, 0.29) is 0 Å². The van der Waals surface area contributed by atoms with Crippen LogP contribution in [-0.4, -0.2) is 6.29 Å². The van der Waals surface area contributed by atoms with Crippen molar-refractivity contribution in [1.29, 1.82) is 0 Å². The summed E-state index contributed by atoms with van der Waals surface area (Å²) in [7, 11) is 0. The highest BCUT2D eigenvalue weighted by Gasteiger charge is 2.05. The molecular formula is C15H13IO2. The Morgan fingerprint density at radius 2 is 2.00 bits per heavy atom. The normalized spacial score (nSPS) is 10.1. The molecule has 0 amide bonds. The van der Waals surface area contributed by atoms with Gasteiger partial charge in [0.25, 0.3) is 0 Å². The number of hydrogen-bond donors (Lipinski definition) is 0. The van der Waals surface area contributed by atoms with Crippen LogP contribution in [0.2, 0.25) is 0 Å². The maximum absolute atomic E-state index is 10.9. The predicted molar refractivity (Wildman–Crippen MR) is 80.1 cm³/mol. The molecule has 0 aliphatic carbocycles. The van der Waals surface area contributed by atoms with E-state index in [0.717, 1.165) is 21.0 Å². The Bertz CT molecular complexity index is 564. The first kappa shape index (κ1) is 13.1. The molecule has 2 rings (SSSR count). The zero-order valence-corrected chi connectivity index (χ0v) is 12.2. The Morgan fingerprint density at radius 1 is 1.22 bits per heavy atom. The van der Waals surface area contributed by atoms with Gasteiger partial charge >= 0.3 is 0 Å². The van der Waals surface area contributed by atoms with E-state index in [1.165, 1.54) is 0 Å². The van der Waals surface area contributed by atoms with Crippen LogP contribution in [0.5, 0.6) is 5.75 Å². The molecule has 0 saturated carbocycles. The molecular weight excluding hydrogens is 339 g/mol. The third-order valence-electron chi connectivity index (χ3n) is 2.64. The first-order valence-corrected chi connectivity index (χ1v) is 6.70. The van der Waals surface area contributed by atoms with Crippen molar-refractivity contribution in [3.8, 4) is 5.75 Å². The molecule has 0 bridgehead atoms. The van der Waals surface area contributed by atoms with Crippen molar-refractivity contribution in [1.82, 2.24) is 0 Å². The molecule has 2 aromatic rings. The molecule has 0 aliphatic heterocycles. The fraction of sp³-hybridized carbons (Fsp3) is 0.133. The minimum atomic E-state index is 0.476. The fourth-order valence-corrected chi connectivity index (χ4v) is 2.18. The fourth-order valence-electron chi connectivity index (χ4n) is 1.63. The smallest absolute Gasteiger partial charge is 0.153 e. The van der Waals surface area contributed by atoms with Crippen LogP contribution < -0.4 is 4.74 Å². The van der Waals surface area contributed by atoms with Crippen LogP contribution in [0.1, 0.15) is 21.5 Å². The average molecular weight is 352 g/mol. The minimum Gasteiger partial charge on any atom is -0.488 e. The first-order valence-electron chi connectivity index (χ1n) is 5.63. The maximum atomic E-state index is 10.9. The Balaban J connectivity index is 2.18. The van der Waals surface area contributed by atoms with Crippen molar-refractivity contribution in [2.45, 2.75) is 13.5 Å². The molecule has 92 valence electrons. The molecule has 0 saturated heterocycles. The van der Waals surface area contributed by atoms with Crippen molar-refractivity contribution in [3.05, 3.63) is 62.7 Å². The Hall–Kier alpha value is -1.36. The number of halogens is 1. The first-order chi connectivity index (χ1) is 8.70. The topological polar surface area (TPSA) is 26.3 Å². The van der Waals surface area contributed by atoms with E-state index in [2.05, 4.69) is 22.6 Å². The van der Waals surface area contributed by atoms with Gasteiger partial charge in [0.2, 0.25) is 0 Å². The van der Waals surface area contributed by atoms with Gasteiger partial charge < -0.3 is 4.74 Å². The zero-order chi connectivity index (χ0) is 13.0. The number of rotatable bonds is 4. The Labute approximate surface area is 120 Å². The molecule has 3 heteroatoms. The minimum absolute atomic E-state index is 0.476. The molecule has 0 fully saturated rings. The second kappa shape index (κ2) is 6.00. The number of carbonyl (C=O) groups excluding carboxylic acids is 1. The van der Waals surface area contributed by atoms with Crippen molar-refractivity contribution >= 4 is 28.9 Å². The number of ether oxygens (including phenoxy) is 1. The molecule has 0 spiro atoms. The summed E-state index contributed by atoms with van der Waals surface area (Å²) in [6.45, 7) is 2.46. The quantitative estimate of drug-likeness (QED) is 0.614. The van der Waals surface area contributed by atoms with Crippen LogP contribution in [0.3, 0.4) is 0 Å². The van der Waals surface area contributed by atoms with Gasteiger partial charge in [-0.15, -0.1) is 0 Å². The summed E-state index contributed by atoms with van der Waals surface area (Å²) in [6, 6.07) is 13.6. The second-order valence-electron chi connectivity index (χ2n) is 4.04. The van der Waals surface area contributed by atoms with E-state index in [9.17, 15) is 4.79 Å². The van der Waals surface area contributed by atoms with E-state index in [4.69, 9.17) is 4.74 Å². The third-order valence-corrected chi connectivity index (χ3v) is 3.69. The van der Waals surface area contributed by atoms with E-state index in [0.29, 0.717) is 17.9 Å². The number of aryl methyl sites for hydroxylation is 1. The highest BCUT2D eigenvalue weighted by atomic mass is 127. The number of carbonyl (C=O) groups is 1. The van der Waals surface area contributed by atoms with Gasteiger partial charge in [0.15, 0.2) is 6.29 Å². The van der Waals surface area contributed by atoms with Crippen LogP contribution in [0.15, 0.2) is 42.5 Å². The highest BCUT2D eigenvalue weighted by Crippen LogP contribution is 2.21. The summed E-state index contributed by atoms with van der Waals surface area (Å²) in [6.07, 6.45) is 0.824. The SMILES string of the molecule is Cc1ccc(C=O)c(OCc2ccccc2I)c1. The van der Waals surface area contributed by atoms with Crippen LogP contribution in [-0.2, 0) is 6.61 Å². The standard InChI is InChI=1S/C15H13IO2/c1-11-6-7-12(9-17)15(8-11)18-10-13-4-2-3-5-14(13)16/h2-9H,10H2,1H3. The molecule has 18 heavy (non-hydrogen) atoms. The summed E-state index contributed by atoms with van der Waals surface area (Å²) in [5, 5.41) is 0. The van der Waals surface area contributed by atoms with E-state index in [1.54, 1.807) is 6.07 Å². The molecule has 0 aliphatic rings.